The first-order valence-electron chi connectivity index (χ1n) is 7.62. The first-order valence-corrected chi connectivity index (χ1v) is 7.62. The Morgan fingerprint density at radius 2 is 2.00 bits per heavy atom. The molecule has 0 amide bonds. The number of Topliss-reactive ketones (excluding diaryl/α,β-unsaturated/α-hetero) is 1. The van der Waals surface area contributed by atoms with Crippen LogP contribution in [-0.4, -0.2) is 17.0 Å². The number of nitrogens with zero attached hydrogens (tertiary/aromatic N) is 1. The van der Waals surface area contributed by atoms with E-state index in [9.17, 15) is 9.59 Å². The molecule has 0 radical (unpaired) electrons. The minimum atomic E-state index is -0.0124. The third-order valence-corrected chi connectivity index (χ3v) is 4.05. The normalized spacial score (nSPS) is 13.0. The van der Waals surface area contributed by atoms with Gasteiger partial charge >= 0.3 is 0 Å². The van der Waals surface area contributed by atoms with Crippen LogP contribution in [0.25, 0.3) is 11.1 Å². The summed E-state index contributed by atoms with van der Waals surface area (Å²) in [7, 11) is 0. The van der Waals surface area contributed by atoms with Crippen LogP contribution in [0, 0.1) is 0 Å². The van der Waals surface area contributed by atoms with Crippen LogP contribution >= 0.6 is 0 Å². The SMILES string of the molecule is CCOc1ccc(-c2cc(C(C)=O)c3n(c2=O)CCC3)cc1. The summed E-state index contributed by atoms with van der Waals surface area (Å²) in [5.74, 6) is 0.789. The van der Waals surface area contributed by atoms with Gasteiger partial charge in [0.2, 0.25) is 0 Å². The molecule has 0 fully saturated rings. The molecule has 4 heteroatoms. The summed E-state index contributed by atoms with van der Waals surface area (Å²) < 4.78 is 7.18. The number of ether oxygens (including phenoxy) is 1. The van der Waals surface area contributed by atoms with Gasteiger partial charge in [0.1, 0.15) is 5.75 Å². The topological polar surface area (TPSA) is 48.3 Å². The van der Waals surface area contributed by atoms with Crippen molar-refractivity contribution < 1.29 is 9.53 Å². The fraction of sp³-hybridized carbons (Fsp3) is 0.333. The second-order valence-corrected chi connectivity index (χ2v) is 5.49. The zero-order chi connectivity index (χ0) is 15.7. The number of rotatable bonds is 4. The predicted molar refractivity (Wildman–Crippen MR) is 85.6 cm³/mol. The van der Waals surface area contributed by atoms with E-state index in [0.29, 0.717) is 24.3 Å². The molecule has 0 spiro atoms. The summed E-state index contributed by atoms with van der Waals surface area (Å²) in [6, 6.07) is 9.19. The van der Waals surface area contributed by atoms with E-state index in [1.165, 1.54) is 0 Å². The molecule has 114 valence electrons. The van der Waals surface area contributed by atoms with Gasteiger partial charge in [0.25, 0.3) is 5.56 Å². The Hall–Kier alpha value is -2.36. The molecule has 22 heavy (non-hydrogen) atoms. The van der Waals surface area contributed by atoms with E-state index >= 15 is 0 Å². The fourth-order valence-electron chi connectivity index (χ4n) is 3.02. The van der Waals surface area contributed by atoms with Crippen LogP contribution in [0.4, 0.5) is 0 Å². The van der Waals surface area contributed by atoms with Crippen molar-refractivity contribution in [2.75, 3.05) is 6.61 Å². The molecule has 1 aromatic heterocycles. The number of carbonyl (C=O) groups excluding carboxylic acids is 1. The molecule has 0 bridgehead atoms. The van der Waals surface area contributed by atoms with Gasteiger partial charge in [-0.2, -0.15) is 0 Å². The van der Waals surface area contributed by atoms with Gasteiger partial charge in [-0.25, -0.2) is 0 Å². The lowest BCUT2D eigenvalue weighted by atomic mass is 10.0. The Balaban J connectivity index is 2.13. The van der Waals surface area contributed by atoms with Crippen LogP contribution in [0.2, 0.25) is 0 Å². The maximum atomic E-state index is 12.7. The number of ketones is 1. The number of fused-ring (bicyclic) bond motifs is 1. The second-order valence-electron chi connectivity index (χ2n) is 5.49. The summed E-state index contributed by atoms with van der Waals surface area (Å²) in [5, 5.41) is 0. The number of hydrogen-bond donors (Lipinski definition) is 0. The number of aromatic nitrogens is 1. The van der Waals surface area contributed by atoms with E-state index in [2.05, 4.69) is 0 Å². The van der Waals surface area contributed by atoms with Crippen LogP contribution in [0.5, 0.6) is 5.75 Å². The molecule has 2 aromatic rings. The van der Waals surface area contributed by atoms with Gasteiger partial charge in [-0.15, -0.1) is 0 Å². The molecule has 0 unspecified atom stereocenters. The summed E-state index contributed by atoms with van der Waals surface area (Å²) >= 11 is 0. The Morgan fingerprint density at radius 1 is 1.27 bits per heavy atom. The minimum Gasteiger partial charge on any atom is -0.494 e. The minimum absolute atomic E-state index is 0.0119. The molecule has 0 aliphatic carbocycles. The lowest BCUT2D eigenvalue weighted by Gasteiger charge is -2.12. The Morgan fingerprint density at radius 3 is 2.64 bits per heavy atom. The molecule has 0 saturated carbocycles. The molecule has 0 N–H and O–H groups in total. The first-order chi connectivity index (χ1) is 10.6. The third-order valence-electron chi connectivity index (χ3n) is 4.05. The molecule has 0 saturated heterocycles. The Kier molecular flexibility index (Phi) is 3.84. The van der Waals surface area contributed by atoms with Crippen LogP contribution in [-0.2, 0) is 13.0 Å². The lowest BCUT2D eigenvalue weighted by Crippen LogP contribution is -2.23. The van der Waals surface area contributed by atoms with Crippen molar-refractivity contribution >= 4 is 5.78 Å². The first kappa shape index (κ1) is 14.6. The monoisotopic (exact) mass is 297 g/mol. The maximum absolute atomic E-state index is 12.7. The van der Waals surface area contributed by atoms with Gasteiger partial charge in [0.05, 0.1) is 6.61 Å². The fourth-order valence-corrected chi connectivity index (χ4v) is 3.02. The van der Waals surface area contributed by atoms with Crippen molar-refractivity contribution in [3.05, 3.63) is 51.9 Å². The van der Waals surface area contributed by atoms with Crippen molar-refractivity contribution in [3.63, 3.8) is 0 Å². The van der Waals surface area contributed by atoms with Gasteiger partial charge in [-0.1, -0.05) is 12.1 Å². The summed E-state index contributed by atoms with van der Waals surface area (Å²) in [4.78, 5) is 24.6. The molecular weight excluding hydrogens is 278 g/mol. The highest BCUT2D eigenvalue weighted by atomic mass is 16.5. The van der Waals surface area contributed by atoms with Crippen molar-refractivity contribution in [1.82, 2.24) is 4.57 Å². The number of hydrogen-bond acceptors (Lipinski definition) is 3. The summed E-state index contributed by atoms with van der Waals surface area (Å²) in [5.41, 5.74) is 2.94. The zero-order valence-electron chi connectivity index (χ0n) is 12.9. The molecular formula is C18H19NO3. The van der Waals surface area contributed by atoms with Crippen LogP contribution < -0.4 is 10.3 Å². The van der Waals surface area contributed by atoms with Crippen LogP contribution in [0.15, 0.2) is 35.1 Å². The van der Waals surface area contributed by atoms with Crippen molar-refractivity contribution in [2.45, 2.75) is 33.2 Å². The van der Waals surface area contributed by atoms with E-state index in [0.717, 1.165) is 29.8 Å². The molecule has 4 nitrogen and oxygen atoms in total. The smallest absolute Gasteiger partial charge is 0.258 e. The van der Waals surface area contributed by atoms with Gasteiger partial charge in [-0.05, 0) is 50.5 Å². The number of carbonyl (C=O) groups is 1. The number of pyridine rings is 1. The lowest BCUT2D eigenvalue weighted by molar-refractivity contribution is 0.101. The van der Waals surface area contributed by atoms with Crippen molar-refractivity contribution in [3.8, 4) is 16.9 Å². The predicted octanol–water partition coefficient (Wildman–Crippen LogP) is 3.06. The van der Waals surface area contributed by atoms with Crippen molar-refractivity contribution in [2.24, 2.45) is 0 Å². The Bertz CT molecular complexity index is 772. The molecule has 2 heterocycles. The molecule has 0 atom stereocenters. The number of benzene rings is 1. The summed E-state index contributed by atoms with van der Waals surface area (Å²) in [6.45, 7) is 4.79. The van der Waals surface area contributed by atoms with E-state index < -0.39 is 0 Å². The molecule has 1 aliphatic rings. The average Bonchev–Trinajstić information content (AvgIpc) is 2.99. The standard InChI is InChI=1S/C18H19NO3/c1-3-22-14-8-6-13(7-9-14)16-11-15(12(2)20)17-5-4-10-19(17)18(16)21/h6-9,11H,3-5,10H2,1-2H3. The summed E-state index contributed by atoms with van der Waals surface area (Å²) in [6.07, 6.45) is 1.72. The quantitative estimate of drug-likeness (QED) is 0.815. The maximum Gasteiger partial charge on any atom is 0.258 e. The average molecular weight is 297 g/mol. The van der Waals surface area contributed by atoms with Gasteiger partial charge < -0.3 is 9.30 Å². The van der Waals surface area contributed by atoms with E-state index in [4.69, 9.17) is 4.74 Å². The molecule has 1 aromatic carbocycles. The largest absolute Gasteiger partial charge is 0.494 e. The van der Waals surface area contributed by atoms with Gasteiger partial charge in [-0.3, -0.25) is 9.59 Å². The second kappa shape index (κ2) is 5.79. The highest BCUT2D eigenvalue weighted by Crippen LogP contribution is 2.25. The molecule has 3 rings (SSSR count). The van der Waals surface area contributed by atoms with Gasteiger partial charge in [0.15, 0.2) is 5.78 Å². The van der Waals surface area contributed by atoms with Crippen LogP contribution in [0.1, 0.15) is 36.3 Å². The van der Waals surface area contributed by atoms with Crippen LogP contribution in [0.3, 0.4) is 0 Å². The van der Waals surface area contributed by atoms with E-state index in [-0.39, 0.29) is 11.3 Å². The Labute approximate surface area is 129 Å². The highest BCUT2D eigenvalue weighted by molar-refractivity contribution is 5.96. The van der Waals surface area contributed by atoms with E-state index in [1.807, 2.05) is 31.2 Å². The zero-order valence-corrected chi connectivity index (χ0v) is 12.9. The highest BCUT2D eigenvalue weighted by Gasteiger charge is 2.21. The third kappa shape index (κ3) is 2.45. The van der Waals surface area contributed by atoms with Crippen molar-refractivity contribution in [1.29, 1.82) is 0 Å². The van der Waals surface area contributed by atoms with E-state index in [1.54, 1.807) is 17.6 Å². The van der Waals surface area contributed by atoms with Gasteiger partial charge in [0, 0.05) is 23.4 Å². The molecule has 1 aliphatic heterocycles.